The van der Waals surface area contributed by atoms with Gasteiger partial charge < -0.3 is 15.0 Å². The molecule has 5 heteroatoms. The summed E-state index contributed by atoms with van der Waals surface area (Å²) in [5.74, 6) is -0.138. The molecule has 2 aromatic rings. The van der Waals surface area contributed by atoms with E-state index in [2.05, 4.69) is 5.16 Å². The van der Waals surface area contributed by atoms with E-state index in [1.807, 2.05) is 13.8 Å². The predicted octanol–water partition coefficient (Wildman–Crippen LogP) is 2.33. The molecule has 2 N–H and O–H groups in total. The van der Waals surface area contributed by atoms with Crippen LogP contribution < -0.4 is 5.73 Å². The summed E-state index contributed by atoms with van der Waals surface area (Å²) in [6, 6.07) is 5.14. The highest BCUT2D eigenvalue weighted by atomic mass is 16.5. The van der Waals surface area contributed by atoms with Crippen LogP contribution in [-0.4, -0.2) is 18.2 Å². The van der Waals surface area contributed by atoms with Crippen molar-refractivity contribution in [3.63, 3.8) is 0 Å². The van der Waals surface area contributed by atoms with Crippen molar-refractivity contribution in [1.82, 2.24) is 5.16 Å². The molecule has 5 nitrogen and oxygen atoms in total. The largest absolute Gasteiger partial charge is 0.465 e. The fourth-order valence-electron chi connectivity index (χ4n) is 1.78. The van der Waals surface area contributed by atoms with Crippen LogP contribution in [0.4, 0.5) is 5.88 Å². The van der Waals surface area contributed by atoms with Gasteiger partial charge in [-0.2, -0.15) is 0 Å². The van der Waals surface area contributed by atoms with E-state index >= 15 is 0 Å². The SMILES string of the molecule is COC(=O)c1cc(C)c(C)c(-c2cc(N)on2)c1. The van der Waals surface area contributed by atoms with Crippen LogP contribution >= 0.6 is 0 Å². The number of anilines is 1. The second kappa shape index (κ2) is 4.52. The Balaban J connectivity index is 2.59. The molecule has 0 aliphatic rings. The average Bonchev–Trinajstić information content (AvgIpc) is 2.78. The minimum atomic E-state index is -0.379. The molecule has 0 saturated carbocycles. The Kier molecular flexibility index (Phi) is 3.06. The first-order valence-electron chi connectivity index (χ1n) is 5.45. The monoisotopic (exact) mass is 246 g/mol. The van der Waals surface area contributed by atoms with E-state index in [1.54, 1.807) is 18.2 Å². The van der Waals surface area contributed by atoms with Gasteiger partial charge in [0.05, 0.1) is 12.7 Å². The maximum atomic E-state index is 11.6. The van der Waals surface area contributed by atoms with E-state index in [0.29, 0.717) is 11.3 Å². The number of ether oxygens (including phenoxy) is 1. The second-order valence-electron chi connectivity index (χ2n) is 4.07. The first kappa shape index (κ1) is 12.2. The van der Waals surface area contributed by atoms with Gasteiger partial charge in [-0.05, 0) is 37.1 Å². The number of rotatable bonds is 2. The molecule has 0 fully saturated rings. The van der Waals surface area contributed by atoms with Gasteiger partial charge in [0.15, 0.2) is 0 Å². The highest BCUT2D eigenvalue weighted by Gasteiger charge is 2.14. The van der Waals surface area contributed by atoms with Gasteiger partial charge in [0.25, 0.3) is 0 Å². The van der Waals surface area contributed by atoms with Gasteiger partial charge in [-0.25, -0.2) is 4.79 Å². The zero-order valence-electron chi connectivity index (χ0n) is 10.5. The van der Waals surface area contributed by atoms with Crippen molar-refractivity contribution in [3.8, 4) is 11.3 Å². The Labute approximate surface area is 105 Å². The number of carbonyl (C=O) groups is 1. The summed E-state index contributed by atoms with van der Waals surface area (Å²) < 4.78 is 9.57. The number of methoxy groups -OCH3 is 1. The zero-order valence-corrected chi connectivity index (χ0v) is 10.5. The molecule has 0 saturated heterocycles. The van der Waals surface area contributed by atoms with Crippen LogP contribution in [0, 0.1) is 13.8 Å². The summed E-state index contributed by atoms with van der Waals surface area (Å²) in [6.07, 6.45) is 0. The number of nitrogens with two attached hydrogens (primary N) is 1. The number of esters is 1. The number of hydrogen-bond acceptors (Lipinski definition) is 5. The molecule has 1 aromatic heterocycles. The first-order chi connectivity index (χ1) is 8.52. The molecule has 2 rings (SSSR count). The molecule has 0 aliphatic heterocycles. The molecule has 0 aliphatic carbocycles. The van der Waals surface area contributed by atoms with Crippen LogP contribution in [0.15, 0.2) is 22.7 Å². The molecule has 0 amide bonds. The highest BCUT2D eigenvalue weighted by molar-refractivity contribution is 5.91. The summed E-state index contributed by atoms with van der Waals surface area (Å²) in [5, 5.41) is 3.86. The van der Waals surface area contributed by atoms with E-state index in [0.717, 1.165) is 16.7 Å². The minimum Gasteiger partial charge on any atom is -0.465 e. The zero-order chi connectivity index (χ0) is 13.3. The highest BCUT2D eigenvalue weighted by Crippen LogP contribution is 2.27. The first-order valence-corrected chi connectivity index (χ1v) is 5.45. The fourth-order valence-corrected chi connectivity index (χ4v) is 1.78. The Morgan fingerprint density at radius 2 is 2.06 bits per heavy atom. The lowest BCUT2D eigenvalue weighted by atomic mass is 9.97. The third-order valence-corrected chi connectivity index (χ3v) is 2.89. The number of hydrogen-bond donors (Lipinski definition) is 1. The van der Waals surface area contributed by atoms with Crippen molar-refractivity contribution >= 4 is 11.9 Å². The quantitative estimate of drug-likeness (QED) is 0.823. The maximum Gasteiger partial charge on any atom is 0.337 e. The third kappa shape index (κ3) is 2.07. The van der Waals surface area contributed by atoms with Gasteiger partial charge in [-0.3, -0.25) is 0 Å². The van der Waals surface area contributed by atoms with Crippen molar-refractivity contribution in [1.29, 1.82) is 0 Å². The topological polar surface area (TPSA) is 78.4 Å². The minimum absolute atomic E-state index is 0.241. The third-order valence-electron chi connectivity index (χ3n) is 2.89. The van der Waals surface area contributed by atoms with Crippen molar-refractivity contribution in [2.24, 2.45) is 0 Å². The molecule has 0 radical (unpaired) electrons. The number of aromatic nitrogens is 1. The number of aryl methyl sites for hydroxylation is 1. The van der Waals surface area contributed by atoms with Crippen molar-refractivity contribution in [2.45, 2.75) is 13.8 Å². The Bertz CT molecular complexity index is 602. The van der Waals surface area contributed by atoms with Crippen molar-refractivity contribution in [2.75, 3.05) is 12.8 Å². The number of nitrogen functional groups attached to an aromatic ring is 1. The van der Waals surface area contributed by atoms with E-state index in [-0.39, 0.29) is 11.9 Å². The number of carbonyl (C=O) groups excluding carboxylic acids is 1. The van der Waals surface area contributed by atoms with E-state index in [4.69, 9.17) is 15.0 Å². The standard InChI is InChI=1S/C13H14N2O3/c1-7-4-9(13(16)17-3)5-10(8(7)2)11-6-12(14)18-15-11/h4-6H,14H2,1-3H3. The molecule has 18 heavy (non-hydrogen) atoms. The smallest absolute Gasteiger partial charge is 0.337 e. The molecule has 1 aromatic carbocycles. The summed E-state index contributed by atoms with van der Waals surface area (Å²) in [7, 11) is 1.35. The molecule has 0 bridgehead atoms. The van der Waals surface area contributed by atoms with E-state index in [9.17, 15) is 4.79 Å². The molecular formula is C13H14N2O3. The fraction of sp³-hybridized carbons (Fsp3) is 0.231. The Morgan fingerprint density at radius 1 is 1.33 bits per heavy atom. The van der Waals surface area contributed by atoms with Crippen LogP contribution in [0.2, 0.25) is 0 Å². The van der Waals surface area contributed by atoms with Crippen LogP contribution in [-0.2, 0) is 4.74 Å². The predicted molar refractivity (Wildman–Crippen MR) is 67.2 cm³/mol. The van der Waals surface area contributed by atoms with E-state index < -0.39 is 0 Å². The number of nitrogens with zero attached hydrogens (tertiary/aromatic N) is 1. The van der Waals surface area contributed by atoms with Gasteiger partial charge in [0, 0.05) is 11.6 Å². The lowest BCUT2D eigenvalue weighted by Gasteiger charge is -2.08. The summed E-state index contributed by atoms with van der Waals surface area (Å²) >= 11 is 0. The molecular weight excluding hydrogens is 232 g/mol. The lowest BCUT2D eigenvalue weighted by Crippen LogP contribution is -2.03. The van der Waals surface area contributed by atoms with Crippen LogP contribution in [0.5, 0.6) is 0 Å². The van der Waals surface area contributed by atoms with Crippen LogP contribution in [0.25, 0.3) is 11.3 Å². The van der Waals surface area contributed by atoms with Gasteiger partial charge in [0.2, 0.25) is 5.88 Å². The van der Waals surface area contributed by atoms with Crippen LogP contribution in [0.1, 0.15) is 21.5 Å². The van der Waals surface area contributed by atoms with E-state index in [1.165, 1.54) is 7.11 Å². The summed E-state index contributed by atoms with van der Waals surface area (Å²) in [6.45, 7) is 3.88. The maximum absolute atomic E-state index is 11.6. The average molecular weight is 246 g/mol. The van der Waals surface area contributed by atoms with Crippen LogP contribution in [0.3, 0.4) is 0 Å². The molecule has 0 unspecified atom stereocenters. The summed E-state index contributed by atoms with van der Waals surface area (Å²) in [5.41, 5.74) is 9.42. The van der Waals surface area contributed by atoms with Crippen molar-refractivity contribution in [3.05, 3.63) is 34.9 Å². The molecule has 1 heterocycles. The number of benzene rings is 1. The Morgan fingerprint density at radius 3 is 2.61 bits per heavy atom. The van der Waals surface area contributed by atoms with Gasteiger partial charge in [-0.15, -0.1) is 0 Å². The molecule has 94 valence electrons. The van der Waals surface area contributed by atoms with Gasteiger partial charge >= 0.3 is 5.97 Å². The summed E-state index contributed by atoms with van der Waals surface area (Å²) in [4.78, 5) is 11.6. The lowest BCUT2D eigenvalue weighted by molar-refractivity contribution is 0.0600. The molecule has 0 atom stereocenters. The second-order valence-corrected chi connectivity index (χ2v) is 4.07. The normalized spacial score (nSPS) is 10.4. The Hall–Kier alpha value is -2.30. The van der Waals surface area contributed by atoms with Gasteiger partial charge in [0.1, 0.15) is 5.69 Å². The molecule has 0 spiro atoms. The van der Waals surface area contributed by atoms with Gasteiger partial charge in [-0.1, -0.05) is 5.16 Å². The van der Waals surface area contributed by atoms with Crippen molar-refractivity contribution < 1.29 is 14.1 Å².